The van der Waals surface area contributed by atoms with Crippen molar-refractivity contribution in [2.75, 3.05) is 0 Å². The van der Waals surface area contributed by atoms with E-state index in [1.165, 1.54) is 37.8 Å². The molecule has 0 amide bonds. The first-order valence-electron chi connectivity index (χ1n) is 6.86. The molecule has 0 saturated heterocycles. The number of fused-ring (bicyclic) bond motifs is 1. The molecule has 1 aromatic carbocycles. The molecule has 3 heteroatoms. The fourth-order valence-electron chi connectivity index (χ4n) is 3.77. The van der Waals surface area contributed by atoms with E-state index in [9.17, 15) is 4.39 Å². The highest BCUT2D eigenvalue weighted by Gasteiger charge is 2.52. The van der Waals surface area contributed by atoms with Gasteiger partial charge in [0.2, 0.25) is 0 Å². The van der Waals surface area contributed by atoms with Gasteiger partial charge in [-0.3, -0.25) is 0 Å². The van der Waals surface area contributed by atoms with E-state index in [4.69, 9.17) is 17.3 Å². The summed E-state index contributed by atoms with van der Waals surface area (Å²) in [6.45, 7) is 0. The Morgan fingerprint density at radius 3 is 2.61 bits per heavy atom. The zero-order valence-electron chi connectivity index (χ0n) is 10.4. The highest BCUT2D eigenvalue weighted by molar-refractivity contribution is 6.31. The minimum atomic E-state index is -0.227. The Labute approximate surface area is 113 Å². The van der Waals surface area contributed by atoms with Crippen LogP contribution in [0.2, 0.25) is 5.02 Å². The fraction of sp³-hybridized carbons (Fsp3) is 0.600. The molecule has 18 heavy (non-hydrogen) atoms. The molecule has 3 unspecified atom stereocenters. The van der Waals surface area contributed by atoms with Crippen LogP contribution in [0.3, 0.4) is 0 Å². The second kappa shape index (κ2) is 4.82. The smallest absolute Gasteiger partial charge is 0.123 e. The second-order valence-corrected chi connectivity index (χ2v) is 6.20. The number of hydrogen-bond acceptors (Lipinski definition) is 1. The first kappa shape index (κ1) is 12.4. The van der Waals surface area contributed by atoms with Crippen LogP contribution in [0.4, 0.5) is 4.39 Å². The monoisotopic (exact) mass is 267 g/mol. The van der Waals surface area contributed by atoms with Crippen LogP contribution < -0.4 is 5.73 Å². The summed E-state index contributed by atoms with van der Waals surface area (Å²) in [5, 5.41) is 0.635. The van der Waals surface area contributed by atoms with E-state index in [0.717, 1.165) is 17.4 Å². The predicted octanol–water partition coefficient (Wildman–Crippen LogP) is 3.79. The molecule has 0 spiro atoms. The van der Waals surface area contributed by atoms with Crippen LogP contribution in [-0.2, 0) is 6.42 Å². The van der Waals surface area contributed by atoms with Crippen LogP contribution in [0.15, 0.2) is 18.2 Å². The number of rotatable bonds is 3. The second-order valence-electron chi connectivity index (χ2n) is 5.79. The topological polar surface area (TPSA) is 26.0 Å². The van der Waals surface area contributed by atoms with Crippen LogP contribution >= 0.6 is 11.6 Å². The lowest BCUT2D eigenvalue weighted by Crippen LogP contribution is -2.27. The van der Waals surface area contributed by atoms with E-state index in [1.807, 2.05) is 0 Å². The number of nitrogens with two attached hydrogens (primary N) is 1. The lowest BCUT2D eigenvalue weighted by molar-refractivity contribution is 0.480. The number of halogens is 2. The standard InChI is InChI=1S/C15H19ClFN/c16-13-6-5-10(17)7-9(13)8-14(18)15-11-3-1-2-4-12(11)15/h5-7,11-12,14-15H,1-4,8,18H2. The summed E-state index contributed by atoms with van der Waals surface area (Å²) in [6, 6.07) is 4.68. The zero-order chi connectivity index (χ0) is 12.7. The third-order valence-corrected chi connectivity index (χ3v) is 5.05. The van der Waals surface area contributed by atoms with Crippen LogP contribution in [0.25, 0.3) is 0 Å². The van der Waals surface area contributed by atoms with Gasteiger partial charge in [-0.15, -0.1) is 0 Å². The normalized spacial score (nSPS) is 31.8. The van der Waals surface area contributed by atoms with E-state index >= 15 is 0 Å². The van der Waals surface area contributed by atoms with Gasteiger partial charge >= 0.3 is 0 Å². The van der Waals surface area contributed by atoms with Crippen molar-refractivity contribution >= 4 is 11.6 Å². The van der Waals surface area contributed by atoms with Gasteiger partial charge in [-0.05, 0) is 60.8 Å². The Morgan fingerprint density at radius 2 is 1.94 bits per heavy atom. The van der Waals surface area contributed by atoms with Gasteiger partial charge in [0, 0.05) is 11.1 Å². The lowest BCUT2D eigenvalue weighted by atomic mass is 10.0. The van der Waals surface area contributed by atoms with Crippen molar-refractivity contribution in [1.82, 2.24) is 0 Å². The average Bonchev–Trinajstić information content (AvgIpc) is 3.08. The molecule has 0 aromatic heterocycles. The van der Waals surface area contributed by atoms with Crippen molar-refractivity contribution in [1.29, 1.82) is 0 Å². The van der Waals surface area contributed by atoms with E-state index in [0.29, 0.717) is 17.4 Å². The molecule has 3 rings (SSSR count). The fourth-order valence-corrected chi connectivity index (χ4v) is 3.97. The molecule has 3 atom stereocenters. The maximum atomic E-state index is 13.2. The Hall–Kier alpha value is -0.600. The van der Waals surface area contributed by atoms with Gasteiger partial charge in [-0.1, -0.05) is 24.4 Å². The molecule has 1 nitrogen and oxygen atoms in total. The first-order valence-corrected chi connectivity index (χ1v) is 7.24. The Balaban J connectivity index is 1.67. The van der Waals surface area contributed by atoms with E-state index in [1.54, 1.807) is 6.07 Å². The summed E-state index contributed by atoms with van der Waals surface area (Å²) in [4.78, 5) is 0. The van der Waals surface area contributed by atoms with Gasteiger partial charge in [0.15, 0.2) is 0 Å². The summed E-state index contributed by atoms with van der Waals surface area (Å²) in [6.07, 6.45) is 6.07. The first-order chi connectivity index (χ1) is 8.66. The molecule has 0 radical (unpaired) electrons. The maximum Gasteiger partial charge on any atom is 0.123 e. The van der Waals surface area contributed by atoms with Crippen molar-refractivity contribution in [3.05, 3.63) is 34.6 Å². The highest BCUT2D eigenvalue weighted by atomic mass is 35.5. The van der Waals surface area contributed by atoms with Crippen molar-refractivity contribution in [3.8, 4) is 0 Å². The summed E-state index contributed by atoms with van der Waals surface area (Å²) in [7, 11) is 0. The predicted molar refractivity (Wildman–Crippen MR) is 72.0 cm³/mol. The van der Waals surface area contributed by atoms with Gasteiger partial charge in [0.25, 0.3) is 0 Å². The molecule has 2 aliphatic carbocycles. The Morgan fingerprint density at radius 1 is 1.28 bits per heavy atom. The van der Waals surface area contributed by atoms with E-state index in [2.05, 4.69) is 0 Å². The Bertz CT molecular complexity index is 436. The molecular formula is C15H19ClFN. The molecule has 2 aliphatic rings. The Kier molecular flexibility index (Phi) is 3.33. The maximum absolute atomic E-state index is 13.2. The quantitative estimate of drug-likeness (QED) is 0.886. The third kappa shape index (κ3) is 2.28. The van der Waals surface area contributed by atoms with E-state index < -0.39 is 0 Å². The van der Waals surface area contributed by atoms with Gasteiger partial charge in [0.05, 0.1) is 0 Å². The SMILES string of the molecule is NC(Cc1cc(F)ccc1Cl)C1C2CCCCC21. The summed E-state index contributed by atoms with van der Waals surface area (Å²) < 4.78 is 13.2. The zero-order valence-corrected chi connectivity index (χ0v) is 11.2. The minimum Gasteiger partial charge on any atom is -0.327 e. The minimum absolute atomic E-state index is 0.136. The van der Waals surface area contributed by atoms with Crippen LogP contribution in [0, 0.1) is 23.6 Å². The average molecular weight is 268 g/mol. The summed E-state index contributed by atoms with van der Waals surface area (Å²) >= 11 is 6.10. The largest absolute Gasteiger partial charge is 0.327 e. The molecule has 2 saturated carbocycles. The van der Waals surface area contributed by atoms with Crippen molar-refractivity contribution in [2.24, 2.45) is 23.5 Å². The van der Waals surface area contributed by atoms with Crippen molar-refractivity contribution in [3.63, 3.8) is 0 Å². The van der Waals surface area contributed by atoms with Gasteiger partial charge < -0.3 is 5.73 Å². The highest BCUT2D eigenvalue weighted by Crippen LogP contribution is 2.56. The molecule has 0 aliphatic heterocycles. The molecule has 0 bridgehead atoms. The van der Waals surface area contributed by atoms with Crippen molar-refractivity contribution in [2.45, 2.75) is 38.1 Å². The summed E-state index contributed by atoms with van der Waals surface area (Å²) in [5.41, 5.74) is 7.16. The van der Waals surface area contributed by atoms with E-state index in [-0.39, 0.29) is 11.9 Å². The molecule has 2 N–H and O–H groups in total. The van der Waals surface area contributed by atoms with Crippen LogP contribution in [-0.4, -0.2) is 6.04 Å². The summed E-state index contributed by atoms with van der Waals surface area (Å²) in [5.74, 6) is 2.09. The number of benzene rings is 1. The third-order valence-electron chi connectivity index (χ3n) is 4.68. The van der Waals surface area contributed by atoms with Crippen LogP contribution in [0.1, 0.15) is 31.2 Å². The van der Waals surface area contributed by atoms with Gasteiger partial charge in [-0.2, -0.15) is 0 Å². The number of hydrogen-bond donors (Lipinski definition) is 1. The molecular weight excluding hydrogens is 249 g/mol. The van der Waals surface area contributed by atoms with Gasteiger partial charge in [0.1, 0.15) is 5.82 Å². The lowest BCUT2D eigenvalue weighted by Gasteiger charge is -2.13. The molecule has 1 aromatic rings. The van der Waals surface area contributed by atoms with Crippen LogP contribution in [0.5, 0.6) is 0 Å². The van der Waals surface area contributed by atoms with Gasteiger partial charge in [-0.25, -0.2) is 4.39 Å². The molecule has 2 fully saturated rings. The molecule has 0 heterocycles. The molecule has 98 valence electrons. The van der Waals surface area contributed by atoms with Crippen molar-refractivity contribution < 1.29 is 4.39 Å².